The number of aliphatic hydroxyl groups excluding tert-OH is 1. The summed E-state index contributed by atoms with van der Waals surface area (Å²) in [5, 5.41) is 19.5. The summed E-state index contributed by atoms with van der Waals surface area (Å²) in [5.74, 6) is 0.381. The average Bonchev–Trinajstić information content (AvgIpc) is 3.44. The zero-order valence-corrected chi connectivity index (χ0v) is 29.8. The van der Waals surface area contributed by atoms with E-state index in [2.05, 4.69) is 23.6 Å². The predicted octanol–water partition coefficient (Wildman–Crippen LogP) is 4.77. The van der Waals surface area contributed by atoms with Gasteiger partial charge in [0.2, 0.25) is 10.0 Å². The molecule has 0 bridgehead atoms. The molecule has 0 aliphatic carbocycles. The van der Waals surface area contributed by atoms with Crippen molar-refractivity contribution in [1.82, 2.24) is 15.2 Å². The van der Waals surface area contributed by atoms with Crippen LogP contribution in [0.1, 0.15) is 60.7 Å². The van der Waals surface area contributed by atoms with E-state index < -0.39 is 32.5 Å². The first-order valence-corrected chi connectivity index (χ1v) is 18.5. The number of anilines is 1. The van der Waals surface area contributed by atoms with Gasteiger partial charge in [0.25, 0.3) is 5.91 Å². The summed E-state index contributed by atoms with van der Waals surface area (Å²) in [4.78, 5) is 14.2. The molecule has 0 saturated carbocycles. The van der Waals surface area contributed by atoms with Crippen LogP contribution in [0.4, 0.5) is 5.69 Å². The van der Waals surface area contributed by atoms with Crippen LogP contribution in [0.5, 0.6) is 5.75 Å². The lowest BCUT2D eigenvalue weighted by atomic mass is 9.82. The molecule has 2 atom stereocenters. The maximum Gasteiger partial charge on any atom is 0.251 e. The van der Waals surface area contributed by atoms with Gasteiger partial charge in [0.1, 0.15) is 10.5 Å². The number of sulfonamides is 1. The van der Waals surface area contributed by atoms with E-state index in [1.54, 1.807) is 34.1 Å². The van der Waals surface area contributed by atoms with Crippen LogP contribution in [0, 0.1) is 0 Å². The van der Waals surface area contributed by atoms with Gasteiger partial charge in [-0.15, -0.1) is 0 Å². The highest BCUT2D eigenvalue weighted by molar-refractivity contribution is 7.94. The largest absolute Gasteiger partial charge is 0.497 e. The number of aryl methyl sites for hydroxylation is 1. The van der Waals surface area contributed by atoms with E-state index in [1.165, 1.54) is 4.31 Å². The number of methoxy groups -OCH3 is 1. The second-order valence-corrected chi connectivity index (χ2v) is 16.5. The molecular formula is C38H48N4O6S. The Labute approximate surface area is 289 Å². The molecule has 1 amide bonds. The van der Waals surface area contributed by atoms with Gasteiger partial charge in [0, 0.05) is 56.0 Å². The first kappa shape index (κ1) is 34.9. The SMILES string of the molecule is CCc1cn2c3c(cc(C(=O)N[C@@H](Cc4ccccc4)[C@H](O)CNC4(c5cccc(OC)c5)CCOCC4)cc13)N(C)S(=O)(=O)C(C)(C)C2. The van der Waals surface area contributed by atoms with Crippen LogP contribution in [0.2, 0.25) is 0 Å². The van der Waals surface area contributed by atoms with Gasteiger partial charge in [-0.05, 0) is 80.5 Å². The minimum atomic E-state index is -3.73. The molecule has 3 aromatic carbocycles. The van der Waals surface area contributed by atoms with Gasteiger partial charge in [-0.3, -0.25) is 9.10 Å². The Bertz CT molecular complexity index is 1920. The fourth-order valence-corrected chi connectivity index (χ4v) is 8.75. The molecule has 1 aromatic heterocycles. The fourth-order valence-electron chi connectivity index (χ4n) is 7.31. The Hall–Kier alpha value is -3.90. The van der Waals surface area contributed by atoms with E-state index in [-0.39, 0.29) is 12.5 Å². The van der Waals surface area contributed by atoms with Gasteiger partial charge in [0.15, 0.2) is 0 Å². The highest BCUT2D eigenvalue weighted by Gasteiger charge is 2.42. The molecule has 4 aromatic rings. The van der Waals surface area contributed by atoms with Crippen molar-refractivity contribution < 1.29 is 27.8 Å². The third-order valence-electron chi connectivity index (χ3n) is 10.3. The maximum absolute atomic E-state index is 14.2. The Morgan fingerprint density at radius 3 is 2.49 bits per heavy atom. The number of benzene rings is 3. The Morgan fingerprint density at radius 1 is 1.06 bits per heavy atom. The van der Waals surface area contributed by atoms with Crippen LogP contribution in [0.3, 0.4) is 0 Å². The number of hydrogen-bond acceptors (Lipinski definition) is 7. The minimum Gasteiger partial charge on any atom is -0.497 e. The highest BCUT2D eigenvalue weighted by Crippen LogP contribution is 2.40. The number of carbonyl (C=O) groups excluding carboxylic acids is 1. The summed E-state index contributed by atoms with van der Waals surface area (Å²) in [6.45, 7) is 7.21. The van der Waals surface area contributed by atoms with Gasteiger partial charge >= 0.3 is 0 Å². The van der Waals surface area contributed by atoms with E-state index in [1.807, 2.05) is 65.4 Å². The summed E-state index contributed by atoms with van der Waals surface area (Å²) < 4.78 is 40.9. The Kier molecular flexibility index (Phi) is 9.83. The highest BCUT2D eigenvalue weighted by atomic mass is 32.2. The second-order valence-electron chi connectivity index (χ2n) is 13.9. The van der Waals surface area contributed by atoms with Gasteiger partial charge in [-0.25, -0.2) is 8.42 Å². The molecule has 10 nitrogen and oxygen atoms in total. The first-order chi connectivity index (χ1) is 23.4. The summed E-state index contributed by atoms with van der Waals surface area (Å²) in [5.41, 5.74) is 4.25. The van der Waals surface area contributed by atoms with Crippen LogP contribution in [0.15, 0.2) is 72.9 Å². The van der Waals surface area contributed by atoms with Crippen molar-refractivity contribution in [2.75, 3.05) is 38.2 Å². The molecule has 2 aliphatic rings. The number of carbonyl (C=O) groups is 1. The van der Waals surface area contributed by atoms with Gasteiger partial charge in [0.05, 0.1) is 30.5 Å². The standard InChI is InChI=1S/C38H48N4O6S/c1-6-27-24-42-25-37(2,3)49(45,46)41(4)33-21-28(20-31(27)35(33)42)36(44)40-32(19-26-11-8-7-9-12-26)34(43)23-39-38(15-17-48-18-16-38)29-13-10-14-30(22-29)47-5/h7-14,20-22,24,32,34,39,43H,6,15-19,23,25H2,1-5H3,(H,40,44)/t32-,34+/m0/s1. The molecule has 0 unspecified atom stereocenters. The van der Waals surface area contributed by atoms with E-state index in [0.29, 0.717) is 37.4 Å². The number of rotatable bonds is 11. The van der Waals surface area contributed by atoms with E-state index in [9.17, 15) is 18.3 Å². The molecule has 3 heterocycles. The summed E-state index contributed by atoms with van der Waals surface area (Å²) in [6, 6.07) is 20.6. The van der Waals surface area contributed by atoms with E-state index in [0.717, 1.165) is 52.6 Å². The third kappa shape index (κ3) is 6.69. The Balaban J connectivity index is 1.32. The van der Waals surface area contributed by atoms with Crippen molar-refractivity contribution in [3.05, 3.63) is 95.2 Å². The van der Waals surface area contributed by atoms with E-state index in [4.69, 9.17) is 9.47 Å². The lowest BCUT2D eigenvalue weighted by Gasteiger charge is -2.40. The van der Waals surface area contributed by atoms with Crippen LogP contribution >= 0.6 is 0 Å². The van der Waals surface area contributed by atoms with Crippen molar-refractivity contribution in [3.63, 3.8) is 0 Å². The normalized spacial score (nSPS) is 19.2. The van der Waals surface area contributed by atoms with Crippen molar-refractivity contribution >= 4 is 32.5 Å². The van der Waals surface area contributed by atoms with Crippen molar-refractivity contribution in [2.24, 2.45) is 0 Å². The number of nitrogens with one attached hydrogen (secondary N) is 2. The molecule has 2 aliphatic heterocycles. The molecule has 1 saturated heterocycles. The maximum atomic E-state index is 14.2. The topological polar surface area (TPSA) is 122 Å². The molecule has 1 fully saturated rings. The number of aliphatic hydroxyl groups is 1. The monoisotopic (exact) mass is 688 g/mol. The number of ether oxygens (including phenoxy) is 2. The van der Waals surface area contributed by atoms with Crippen molar-refractivity contribution in [2.45, 2.75) is 75.4 Å². The molecule has 11 heteroatoms. The first-order valence-electron chi connectivity index (χ1n) is 17.0. The van der Waals surface area contributed by atoms with E-state index >= 15 is 0 Å². The number of amides is 1. The Morgan fingerprint density at radius 2 is 1.80 bits per heavy atom. The zero-order chi connectivity index (χ0) is 35.0. The van der Waals surface area contributed by atoms with Crippen LogP contribution in [-0.2, 0) is 39.7 Å². The summed E-state index contributed by atoms with van der Waals surface area (Å²) in [7, 11) is -0.528. The van der Waals surface area contributed by atoms with Gasteiger partial charge < -0.3 is 29.8 Å². The summed E-state index contributed by atoms with van der Waals surface area (Å²) in [6.07, 6.45) is 3.63. The predicted molar refractivity (Wildman–Crippen MR) is 193 cm³/mol. The fraction of sp³-hybridized carbons (Fsp3) is 0.447. The smallest absolute Gasteiger partial charge is 0.251 e. The zero-order valence-electron chi connectivity index (χ0n) is 29.0. The number of nitrogens with zero attached hydrogens (tertiary/aromatic N) is 2. The lowest BCUT2D eigenvalue weighted by molar-refractivity contribution is 0.0266. The van der Waals surface area contributed by atoms with Crippen LogP contribution in [-0.4, -0.2) is 74.8 Å². The van der Waals surface area contributed by atoms with Crippen LogP contribution in [0.25, 0.3) is 10.9 Å². The van der Waals surface area contributed by atoms with Gasteiger partial charge in [-0.2, -0.15) is 0 Å². The molecule has 0 radical (unpaired) electrons. The van der Waals surface area contributed by atoms with Gasteiger partial charge in [-0.1, -0.05) is 49.4 Å². The molecule has 0 spiro atoms. The minimum absolute atomic E-state index is 0.220. The molecule has 262 valence electrons. The molecule has 6 rings (SSSR count). The number of hydrogen-bond donors (Lipinski definition) is 3. The lowest BCUT2D eigenvalue weighted by Crippen LogP contribution is -2.54. The quantitative estimate of drug-likeness (QED) is 0.208. The number of aromatic nitrogens is 1. The molecule has 3 N–H and O–H groups in total. The van der Waals surface area contributed by atoms with Crippen molar-refractivity contribution in [3.8, 4) is 5.75 Å². The second kappa shape index (κ2) is 13.8. The van der Waals surface area contributed by atoms with Crippen molar-refractivity contribution in [1.29, 1.82) is 0 Å². The summed E-state index contributed by atoms with van der Waals surface area (Å²) >= 11 is 0. The molecular weight excluding hydrogens is 641 g/mol. The average molecular weight is 689 g/mol. The molecule has 49 heavy (non-hydrogen) atoms. The van der Waals surface area contributed by atoms with Crippen LogP contribution < -0.4 is 19.7 Å². The third-order valence-corrected chi connectivity index (χ3v) is 12.8.